The minimum atomic E-state index is -0.150. The first kappa shape index (κ1) is 21.2. The van der Waals surface area contributed by atoms with Gasteiger partial charge in [0.25, 0.3) is 5.56 Å². The summed E-state index contributed by atoms with van der Waals surface area (Å²) in [6.07, 6.45) is 1.76. The Kier molecular flexibility index (Phi) is 5.79. The Bertz CT molecular complexity index is 1310. The van der Waals surface area contributed by atoms with Crippen LogP contribution in [0.1, 0.15) is 24.1 Å². The number of aromatic nitrogens is 3. The minimum absolute atomic E-state index is 0.0828. The van der Waals surface area contributed by atoms with Crippen molar-refractivity contribution in [1.29, 1.82) is 0 Å². The van der Waals surface area contributed by atoms with Crippen molar-refractivity contribution in [2.24, 2.45) is 0 Å². The van der Waals surface area contributed by atoms with E-state index in [0.29, 0.717) is 11.6 Å². The molecule has 0 bridgehead atoms. The number of pyridine rings is 1. The highest BCUT2D eigenvalue weighted by atomic mass is 16.1. The van der Waals surface area contributed by atoms with E-state index in [1.165, 1.54) is 11.3 Å². The van der Waals surface area contributed by atoms with Crippen molar-refractivity contribution in [3.05, 3.63) is 88.3 Å². The van der Waals surface area contributed by atoms with E-state index in [1.54, 1.807) is 22.9 Å². The first-order chi connectivity index (χ1) is 16.1. The highest BCUT2D eigenvalue weighted by molar-refractivity contribution is 5.76. The van der Waals surface area contributed by atoms with Crippen LogP contribution in [0.2, 0.25) is 0 Å². The van der Waals surface area contributed by atoms with Crippen LogP contribution in [0.5, 0.6) is 0 Å². The van der Waals surface area contributed by atoms with Gasteiger partial charge in [0.1, 0.15) is 5.65 Å². The fraction of sp³-hybridized carbons (Fsp3) is 0.269. The van der Waals surface area contributed by atoms with Gasteiger partial charge in [0, 0.05) is 55.2 Å². The maximum atomic E-state index is 12.8. The molecule has 168 valence electrons. The molecule has 0 amide bonds. The normalized spacial score (nSPS) is 14.9. The number of fused-ring (bicyclic) bond motifs is 1. The number of piperazine rings is 1. The van der Waals surface area contributed by atoms with Crippen molar-refractivity contribution in [3.8, 4) is 0 Å². The lowest BCUT2D eigenvalue weighted by Gasteiger charge is -2.29. The van der Waals surface area contributed by atoms with Crippen molar-refractivity contribution in [2.75, 3.05) is 36.4 Å². The number of aryl methyl sites for hydroxylation is 1. The molecule has 1 saturated heterocycles. The van der Waals surface area contributed by atoms with Gasteiger partial charge in [0.05, 0.1) is 6.04 Å². The van der Waals surface area contributed by atoms with E-state index in [4.69, 9.17) is 4.98 Å². The van der Waals surface area contributed by atoms with Crippen LogP contribution in [0.25, 0.3) is 11.0 Å². The summed E-state index contributed by atoms with van der Waals surface area (Å²) in [6, 6.07) is 19.8. The van der Waals surface area contributed by atoms with Crippen molar-refractivity contribution < 1.29 is 0 Å². The Balaban J connectivity index is 1.44. The highest BCUT2D eigenvalue weighted by Gasteiger charge is 2.15. The smallest absolute Gasteiger partial charge is 0.252 e. The van der Waals surface area contributed by atoms with E-state index >= 15 is 0 Å². The largest absolute Gasteiger partial charge is 0.369 e. The van der Waals surface area contributed by atoms with Gasteiger partial charge in [-0.05, 0) is 49.7 Å². The molecule has 4 aromatic rings. The minimum Gasteiger partial charge on any atom is -0.369 e. The molecule has 5 rings (SSSR count). The fourth-order valence-electron chi connectivity index (χ4n) is 4.27. The molecule has 0 saturated carbocycles. The Morgan fingerprint density at radius 2 is 1.70 bits per heavy atom. The average molecular weight is 441 g/mol. The summed E-state index contributed by atoms with van der Waals surface area (Å²) in [5.74, 6) is 0.466. The predicted octanol–water partition coefficient (Wildman–Crippen LogP) is 3.86. The Labute approximate surface area is 193 Å². The number of rotatable bonds is 5. The van der Waals surface area contributed by atoms with Crippen molar-refractivity contribution in [3.63, 3.8) is 0 Å². The second-order valence-electron chi connectivity index (χ2n) is 8.51. The van der Waals surface area contributed by atoms with Crippen molar-refractivity contribution in [1.82, 2.24) is 19.9 Å². The summed E-state index contributed by atoms with van der Waals surface area (Å²) in [6.45, 7) is 8.12. The van der Waals surface area contributed by atoms with Gasteiger partial charge in [0.2, 0.25) is 5.95 Å². The molecule has 0 aliphatic carbocycles. The lowest BCUT2D eigenvalue weighted by molar-refractivity contribution is 0.589. The summed E-state index contributed by atoms with van der Waals surface area (Å²) in [5, 5.41) is 7.50. The van der Waals surface area contributed by atoms with E-state index in [9.17, 15) is 4.79 Å². The number of nitrogens with zero attached hydrogens (tertiary/aromatic N) is 4. The van der Waals surface area contributed by atoms with Gasteiger partial charge in [0.15, 0.2) is 0 Å². The number of anilines is 3. The van der Waals surface area contributed by atoms with Crippen LogP contribution in [0.4, 0.5) is 17.3 Å². The zero-order valence-electron chi connectivity index (χ0n) is 19.0. The molecule has 7 heteroatoms. The molecule has 1 atom stereocenters. The molecule has 0 radical (unpaired) electrons. The first-order valence-electron chi connectivity index (χ1n) is 11.4. The first-order valence-corrected chi connectivity index (χ1v) is 11.4. The van der Waals surface area contributed by atoms with Gasteiger partial charge in [-0.25, -0.2) is 4.98 Å². The van der Waals surface area contributed by atoms with Crippen molar-refractivity contribution in [2.45, 2.75) is 19.9 Å². The molecule has 33 heavy (non-hydrogen) atoms. The van der Waals surface area contributed by atoms with Gasteiger partial charge in [-0.3, -0.25) is 9.36 Å². The Morgan fingerprint density at radius 3 is 2.42 bits per heavy atom. The van der Waals surface area contributed by atoms with E-state index in [0.717, 1.165) is 42.8 Å². The summed E-state index contributed by atoms with van der Waals surface area (Å²) >= 11 is 0. The maximum absolute atomic E-state index is 12.8. The molecule has 2 aromatic carbocycles. The van der Waals surface area contributed by atoms with Gasteiger partial charge in [-0.1, -0.05) is 29.8 Å². The van der Waals surface area contributed by atoms with Crippen LogP contribution in [-0.4, -0.2) is 40.7 Å². The molecule has 7 nitrogen and oxygen atoms in total. The number of hydrogen-bond acceptors (Lipinski definition) is 6. The molecule has 3 heterocycles. The Morgan fingerprint density at radius 1 is 0.970 bits per heavy atom. The van der Waals surface area contributed by atoms with Crippen molar-refractivity contribution >= 4 is 28.4 Å². The summed E-state index contributed by atoms with van der Waals surface area (Å²) in [5.41, 5.74) is 4.90. The lowest BCUT2D eigenvalue weighted by Crippen LogP contribution is -2.43. The van der Waals surface area contributed by atoms with Crippen LogP contribution in [0, 0.1) is 6.92 Å². The van der Waals surface area contributed by atoms with Crippen LogP contribution < -0.4 is 21.1 Å². The highest BCUT2D eigenvalue weighted by Crippen LogP contribution is 2.23. The third-order valence-electron chi connectivity index (χ3n) is 6.22. The molecular formula is C26H28N6O. The van der Waals surface area contributed by atoms with E-state index < -0.39 is 0 Å². The van der Waals surface area contributed by atoms with Gasteiger partial charge < -0.3 is 15.5 Å². The topological polar surface area (TPSA) is 75.1 Å². The molecule has 1 unspecified atom stereocenters. The Hall–Kier alpha value is -3.71. The van der Waals surface area contributed by atoms with E-state index in [1.807, 2.05) is 19.1 Å². The van der Waals surface area contributed by atoms with Crippen LogP contribution >= 0.6 is 0 Å². The zero-order valence-corrected chi connectivity index (χ0v) is 19.0. The second-order valence-corrected chi connectivity index (χ2v) is 8.51. The average Bonchev–Trinajstić information content (AvgIpc) is 2.85. The SMILES string of the molecule is Cc1ccc(C(C)n2c(=O)ccc3cnc(Nc4ccc(N5CCNCC5)cc4)nc32)cc1. The fourth-order valence-corrected chi connectivity index (χ4v) is 4.27. The van der Waals surface area contributed by atoms with E-state index in [2.05, 4.69) is 63.8 Å². The molecule has 0 spiro atoms. The monoisotopic (exact) mass is 440 g/mol. The molecule has 2 aromatic heterocycles. The summed E-state index contributed by atoms with van der Waals surface area (Å²) in [4.78, 5) is 24.4. The lowest BCUT2D eigenvalue weighted by atomic mass is 10.1. The third-order valence-corrected chi connectivity index (χ3v) is 6.22. The van der Waals surface area contributed by atoms with E-state index in [-0.39, 0.29) is 11.6 Å². The maximum Gasteiger partial charge on any atom is 0.252 e. The zero-order chi connectivity index (χ0) is 22.8. The number of benzene rings is 2. The summed E-state index contributed by atoms with van der Waals surface area (Å²) in [7, 11) is 0. The van der Waals surface area contributed by atoms with Crippen LogP contribution in [-0.2, 0) is 0 Å². The summed E-state index contributed by atoms with van der Waals surface area (Å²) < 4.78 is 1.74. The third kappa shape index (κ3) is 4.45. The van der Waals surface area contributed by atoms with Crippen LogP contribution in [0.3, 0.4) is 0 Å². The predicted molar refractivity (Wildman–Crippen MR) is 134 cm³/mol. The van der Waals surface area contributed by atoms with Gasteiger partial charge >= 0.3 is 0 Å². The quantitative estimate of drug-likeness (QED) is 0.491. The molecule has 1 aliphatic rings. The van der Waals surface area contributed by atoms with Gasteiger partial charge in [-0.2, -0.15) is 4.98 Å². The second kappa shape index (κ2) is 9.03. The molecule has 1 aliphatic heterocycles. The standard InChI is InChI=1S/C26H28N6O/c1-18-3-5-20(6-4-18)19(2)32-24(33)12-7-21-17-28-26(30-25(21)32)29-22-8-10-23(11-9-22)31-15-13-27-14-16-31/h3-12,17,19,27H,13-16H2,1-2H3,(H,28,29,30). The molecular weight excluding hydrogens is 412 g/mol. The van der Waals surface area contributed by atoms with Gasteiger partial charge in [-0.15, -0.1) is 0 Å². The molecule has 2 N–H and O–H groups in total. The van der Waals surface area contributed by atoms with Crippen LogP contribution in [0.15, 0.2) is 71.7 Å². The number of nitrogens with one attached hydrogen (secondary N) is 2. The molecule has 1 fully saturated rings. The number of hydrogen-bond donors (Lipinski definition) is 2.